The van der Waals surface area contributed by atoms with Gasteiger partial charge in [-0.15, -0.1) is 11.3 Å². The number of aliphatic hydroxyl groups excluding tert-OH is 1. The van der Waals surface area contributed by atoms with Crippen molar-refractivity contribution in [3.63, 3.8) is 0 Å². The molecule has 2 aromatic rings. The number of hydrogen-bond acceptors (Lipinski definition) is 5. The van der Waals surface area contributed by atoms with Crippen molar-refractivity contribution in [1.29, 1.82) is 0 Å². The topological polar surface area (TPSA) is 36.6 Å². The largest absolute Gasteiger partial charge is 0.438 e. The first-order valence-electron chi connectivity index (χ1n) is 5.24. The third-order valence-corrected chi connectivity index (χ3v) is 4.79. The minimum Gasteiger partial charge on any atom is -0.438 e. The molecule has 1 N–H and O–H groups in total. The monoisotopic (exact) mass is 333 g/mol. The molecule has 0 saturated carbocycles. The minimum absolute atomic E-state index is 0.0962. The van der Waals surface area contributed by atoms with Gasteiger partial charge in [-0.3, -0.25) is 0 Å². The van der Waals surface area contributed by atoms with Crippen LogP contribution in [0.15, 0.2) is 20.3 Å². The summed E-state index contributed by atoms with van der Waals surface area (Å²) in [5.41, 5.74) is 0.786. The van der Waals surface area contributed by atoms with Crippen LogP contribution in [0, 0.1) is 4.51 Å². The van der Waals surface area contributed by atoms with Crippen LogP contribution in [-0.4, -0.2) is 24.8 Å². The zero-order chi connectivity index (χ0) is 12.4. The number of fused-ring (bicyclic) bond motifs is 1. The molecular formula is C11H12BrNO2S2. The molecule has 0 aliphatic carbocycles. The summed E-state index contributed by atoms with van der Waals surface area (Å²) in [5, 5.41) is 11.0. The summed E-state index contributed by atoms with van der Waals surface area (Å²) in [6.45, 7) is 3.42. The predicted octanol–water partition coefficient (Wildman–Crippen LogP) is 3.80. The molecule has 2 aromatic heterocycles. The van der Waals surface area contributed by atoms with Crippen LogP contribution in [-0.2, 0) is 0 Å². The van der Waals surface area contributed by atoms with Crippen LogP contribution in [0.2, 0.25) is 0 Å². The summed E-state index contributed by atoms with van der Waals surface area (Å²) < 4.78 is 8.52. The van der Waals surface area contributed by atoms with Crippen LogP contribution in [0.1, 0.15) is 6.92 Å². The molecule has 0 fully saturated rings. The van der Waals surface area contributed by atoms with Crippen LogP contribution in [0.25, 0.3) is 10.3 Å². The average molecular weight is 334 g/mol. The van der Waals surface area contributed by atoms with E-state index in [4.69, 9.17) is 21.7 Å². The number of hydrogen-bond donors (Lipinski definition) is 1. The summed E-state index contributed by atoms with van der Waals surface area (Å²) in [6.07, 6.45) is 0. The van der Waals surface area contributed by atoms with Gasteiger partial charge in [-0.2, -0.15) is 0 Å². The van der Waals surface area contributed by atoms with Gasteiger partial charge in [0.05, 0.1) is 20.3 Å². The number of anilines is 1. The van der Waals surface area contributed by atoms with Crippen molar-refractivity contribution in [2.45, 2.75) is 6.92 Å². The average Bonchev–Trinajstić information content (AvgIpc) is 2.69. The zero-order valence-electron chi connectivity index (χ0n) is 9.27. The number of nitrogens with zero attached hydrogens (tertiary/aromatic N) is 1. The van der Waals surface area contributed by atoms with Crippen molar-refractivity contribution in [3.8, 4) is 0 Å². The molecule has 0 aliphatic rings. The van der Waals surface area contributed by atoms with E-state index in [9.17, 15) is 0 Å². The Labute approximate surface area is 117 Å². The van der Waals surface area contributed by atoms with Gasteiger partial charge in [-0.05, 0) is 22.9 Å². The lowest BCUT2D eigenvalue weighted by atomic mass is 10.4. The fourth-order valence-electron chi connectivity index (χ4n) is 1.60. The molecule has 0 unspecified atom stereocenters. The Balaban J connectivity index is 2.55. The number of likely N-dealkylation sites (N-methyl/N-ethyl adjacent to an activating group) is 1. The van der Waals surface area contributed by atoms with E-state index in [0.717, 1.165) is 25.8 Å². The highest BCUT2D eigenvalue weighted by molar-refractivity contribution is 9.10. The fraction of sp³-hybridized carbons (Fsp3) is 0.364. The summed E-state index contributed by atoms with van der Waals surface area (Å²) in [4.78, 5) is 1.96. The van der Waals surface area contributed by atoms with E-state index in [1.807, 2.05) is 23.3 Å². The number of thiophene rings is 1. The lowest BCUT2D eigenvalue weighted by molar-refractivity contribution is 0.300. The van der Waals surface area contributed by atoms with E-state index in [0.29, 0.717) is 12.4 Å². The third-order valence-electron chi connectivity index (χ3n) is 2.45. The molecule has 92 valence electrons. The molecule has 0 radical (unpaired) electrons. The standard InChI is InChI=1S/C11H12BrNO2S2/c1-2-13(3-4-14)9-5-8(16)11-10(15-9)7(12)6-17-11/h5-6,14H,2-4H2,1H3. The Hall–Kier alpha value is -0.430. The second-order valence-corrected chi connectivity index (χ2v) is 5.67. The third kappa shape index (κ3) is 2.54. The maximum absolute atomic E-state index is 9.01. The van der Waals surface area contributed by atoms with Crippen LogP contribution in [0.3, 0.4) is 0 Å². The van der Waals surface area contributed by atoms with E-state index < -0.39 is 0 Å². The second-order valence-electron chi connectivity index (χ2n) is 3.49. The molecule has 0 aliphatic heterocycles. The highest BCUT2D eigenvalue weighted by atomic mass is 79.9. The summed E-state index contributed by atoms with van der Waals surface area (Å²) in [6, 6.07) is 1.85. The smallest absolute Gasteiger partial charge is 0.197 e. The lowest BCUT2D eigenvalue weighted by Gasteiger charge is -2.20. The van der Waals surface area contributed by atoms with E-state index >= 15 is 0 Å². The van der Waals surface area contributed by atoms with Gasteiger partial charge in [0.15, 0.2) is 11.5 Å². The molecule has 0 atom stereocenters. The Bertz CT molecular complexity index is 578. The molecule has 0 amide bonds. The predicted molar refractivity (Wildman–Crippen MR) is 77.6 cm³/mol. The highest BCUT2D eigenvalue weighted by Crippen LogP contribution is 2.34. The minimum atomic E-state index is 0.0962. The summed E-state index contributed by atoms with van der Waals surface area (Å²) in [7, 11) is 0. The van der Waals surface area contributed by atoms with E-state index in [1.165, 1.54) is 0 Å². The quantitative estimate of drug-likeness (QED) is 0.863. The van der Waals surface area contributed by atoms with Gasteiger partial charge in [0.2, 0.25) is 0 Å². The number of rotatable bonds is 4. The molecule has 0 aromatic carbocycles. The van der Waals surface area contributed by atoms with Crippen molar-refractivity contribution < 1.29 is 9.52 Å². The first-order valence-corrected chi connectivity index (χ1v) is 7.32. The van der Waals surface area contributed by atoms with Crippen molar-refractivity contribution >= 4 is 55.7 Å². The fourth-order valence-corrected chi connectivity index (χ4v) is 3.39. The van der Waals surface area contributed by atoms with Gasteiger partial charge in [0, 0.05) is 24.5 Å². The van der Waals surface area contributed by atoms with Gasteiger partial charge in [-0.1, -0.05) is 12.2 Å². The summed E-state index contributed by atoms with van der Waals surface area (Å²) in [5.74, 6) is 0.707. The van der Waals surface area contributed by atoms with E-state index in [2.05, 4.69) is 15.9 Å². The second kappa shape index (κ2) is 5.48. The Morgan fingerprint density at radius 1 is 1.59 bits per heavy atom. The van der Waals surface area contributed by atoms with Gasteiger partial charge in [-0.25, -0.2) is 0 Å². The Morgan fingerprint density at radius 2 is 2.35 bits per heavy atom. The maximum atomic E-state index is 9.01. The van der Waals surface area contributed by atoms with E-state index in [-0.39, 0.29) is 6.61 Å². The van der Waals surface area contributed by atoms with Gasteiger partial charge >= 0.3 is 0 Å². The molecule has 6 heteroatoms. The van der Waals surface area contributed by atoms with Crippen LogP contribution in [0.5, 0.6) is 0 Å². The normalized spacial score (nSPS) is 11.0. The van der Waals surface area contributed by atoms with Crippen molar-refractivity contribution in [3.05, 3.63) is 20.4 Å². The zero-order valence-corrected chi connectivity index (χ0v) is 12.5. The molecule has 0 spiro atoms. The number of halogens is 1. The van der Waals surface area contributed by atoms with Crippen LogP contribution in [0.4, 0.5) is 5.88 Å². The van der Waals surface area contributed by atoms with Crippen LogP contribution >= 0.6 is 39.5 Å². The number of aliphatic hydroxyl groups is 1. The van der Waals surface area contributed by atoms with Gasteiger partial charge in [0.1, 0.15) is 0 Å². The lowest BCUT2D eigenvalue weighted by Crippen LogP contribution is -2.26. The SMILES string of the molecule is CCN(CCO)c1cc(=S)c2scc(Br)c2o1. The molecule has 3 nitrogen and oxygen atoms in total. The maximum Gasteiger partial charge on any atom is 0.197 e. The van der Waals surface area contributed by atoms with Crippen molar-refractivity contribution in [1.82, 2.24) is 0 Å². The van der Waals surface area contributed by atoms with Crippen molar-refractivity contribution in [2.24, 2.45) is 0 Å². The first kappa shape index (κ1) is 13.0. The van der Waals surface area contributed by atoms with Crippen molar-refractivity contribution in [2.75, 3.05) is 24.6 Å². The highest BCUT2D eigenvalue weighted by Gasteiger charge is 2.12. The Kier molecular flexibility index (Phi) is 4.19. The molecule has 2 heterocycles. The molecule has 0 saturated heterocycles. The molecular weight excluding hydrogens is 322 g/mol. The van der Waals surface area contributed by atoms with Gasteiger partial charge in [0.25, 0.3) is 0 Å². The molecule has 17 heavy (non-hydrogen) atoms. The Morgan fingerprint density at radius 3 is 3.00 bits per heavy atom. The van der Waals surface area contributed by atoms with Gasteiger partial charge < -0.3 is 14.4 Å². The van der Waals surface area contributed by atoms with Crippen LogP contribution < -0.4 is 4.90 Å². The first-order chi connectivity index (χ1) is 8.17. The molecule has 0 bridgehead atoms. The summed E-state index contributed by atoms with van der Waals surface area (Å²) >= 11 is 10.4. The molecule has 2 rings (SSSR count). The van der Waals surface area contributed by atoms with E-state index in [1.54, 1.807) is 11.3 Å².